The monoisotopic (exact) mass is 497 g/mol. The zero-order valence-corrected chi connectivity index (χ0v) is 18.2. The molecule has 28 heavy (non-hydrogen) atoms. The molecule has 2 N–H and O–H groups in total. The summed E-state index contributed by atoms with van der Waals surface area (Å²) >= 11 is 0. The van der Waals surface area contributed by atoms with Gasteiger partial charge in [-0.2, -0.15) is 0 Å². The summed E-state index contributed by atoms with van der Waals surface area (Å²) < 4.78 is 13.7. The van der Waals surface area contributed by atoms with Gasteiger partial charge >= 0.3 is 0 Å². The van der Waals surface area contributed by atoms with E-state index in [4.69, 9.17) is 0 Å². The van der Waals surface area contributed by atoms with Crippen LogP contribution >= 0.6 is 24.0 Å². The lowest BCUT2D eigenvalue weighted by Gasteiger charge is -2.16. The van der Waals surface area contributed by atoms with Crippen molar-refractivity contribution in [3.05, 3.63) is 59.7 Å². The van der Waals surface area contributed by atoms with Crippen LogP contribution in [0.1, 0.15) is 31.0 Å². The largest absolute Gasteiger partial charge is 0.357 e. The number of nitrogens with one attached hydrogen (secondary N) is 2. The zero-order chi connectivity index (χ0) is 19.1. The van der Waals surface area contributed by atoms with Crippen molar-refractivity contribution in [2.24, 2.45) is 4.99 Å². The number of guanidine groups is 1. The molecule has 2 heterocycles. The Balaban J connectivity index is 0.00000280. The molecule has 1 saturated heterocycles. The maximum atomic E-state index is 13.7. The molecular formula is C20H25FIN5O. The van der Waals surface area contributed by atoms with Crippen molar-refractivity contribution < 1.29 is 9.18 Å². The molecule has 2 aromatic rings. The predicted octanol–water partition coefficient (Wildman–Crippen LogP) is 3.22. The summed E-state index contributed by atoms with van der Waals surface area (Å²) in [4.78, 5) is 22.2. The van der Waals surface area contributed by atoms with Crippen LogP contribution in [0.3, 0.4) is 0 Å². The second-order valence-corrected chi connectivity index (χ2v) is 6.30. The quantitative estimate of drug-likeness (QED) is 0.366. The highest BCUT2D eigenvalue weighted by molar-refractivity contribution is 14.0. The number of carbonyl (C=O) groups excluding carboxylic acids is 1. The molecule has 1 aliphatic rings. The van der Waals surface area contributed by atoms with Gasteiger partial charge in [-0.25, -0.2) is 9.38 Å². The molecule has 1 amide bonds. The third-order valence-corrected chi connectivity index (χ3v) is 4.34. The minimum absolute atomic E-state index is 0. The van der Waals surface area contributed by atoms with Crippen LogP contribution in [0.5, 0.6) is 0 Å². The van der Waals surface area contributed by atoms with Crippen molar-refractivity contribution in [2.75, 3.05) is 18.0 Å². The second-order valence-electron chi connectivity index (χ2n) is 6.30. The van der Waals surface area contributed by atoms with Crippen LogP contribution in [-0.4, -0.2) is 29.9 Å². The van der Waals surface area contributed by atoms with Gasteiger partial charge in [0.15, 0.2) is 5.96 Å². The average Bonchev–Trinajstić information content (AvgIpc) is 3.11. The number of amides is 1. The van der Waals surface area contributed by atoms with Crippen molar-refractivity contribution in [3.8, 4) is 0 Å². The zero-order valence-electron chi connectivity index (χ0n) is 15.8. The summed E-state index contributed by atoms with van der Waals surface area (Å²) in [5.41, 5.74) is 2.32. The van der Waals surface area contributed by atoms with E-state index >= 15 is 0 Å². The first-order valence-electron chi connectivity index (χ1n) is 9.18. The van der Waals surface area contributed by atoms with E-state index in [2.05, 4.69) is 20.6 Å². The Morgan fingerprint density at radius 2 is 2.04 bits per heavy atom. The molecule has 0 aliphatic carbocycles. The Labute approximate surface area is 181 Å². The maximum Gasteiger partial charge on any atom is 0.227 e. The summed E-state index contributed by atoms with van der Waals surface area (Å²) in [6, 6.07) is 10.8. The minimum atomic E-state index is -0.340. The van der Waals surface area contributed by atoms with E-state index in [-0.39, 0.29) is 42.2 Å². The number of hydrogen-bond donors (Lipinski definition) is 2. The molecule has 8 heteroatoms. The fraction of sp³-hybridized carbons (Fsp3) is 0.350. The van der Waals surface area contributed by atoms with Gasteiger partial charge in [0.05, 0.1) is 18.8 Å². The minimum Gasteiger partial charge on any atom is -0.357 e. The number of hydrogen-bond acceptors (Lipinski definition) is 3. The standard InChI is InChI=1S/C20H24FN5O.HI/c1-2-22-20(25-14-18-17(21)5-3-11-23-18)24-13-15-7-9-16(10-8-15)26-12-4-6-19(26)27;/h3,5,7-11H,2,4,6,12-14H2,1H3,(H2,22,24,25);1H. The topological polar surface area (TPSA) is 69.6 Å². The third kappa shape index (κ3) is 5.88. The summed E-state index contributed by atoms with van der Waals surface area (Å²) in [6.45, 7) is 4.20. The van der Waals surface area contributed by atoms with Crippen molar-refractivity contribution in [1.29, 1.82) is 0 Å². The average molecular weight is 497 g/mol. The lowest BCUT2D eigenvalue weighted by molar-refractivity contribution is -0.117. The second kappa shape index (κ2) is 10.9. The van der Waals surface area contributed by atoms with Crippen LogP contribution in [0.25, 0.3) is 0 Å². The SMILES string of the molecule is CCNC(=NCc1ccc(N2CCCC2=O)cc1)NCc1ncccc1F.I. The third-order valence-electron chi connectivity index (χ3n) is 4.34. The van der Waals surface area contributed by atoms with E-state index in [0.717, 1.165) is 24.2 Å². The first-order chi connectivity index (χ1) is 13.2. The molecule has 0 radical (unpaired) electrons. The van der Waals surface area contributed by atoms with E-state index in [9.17, 15) is 9.18 Å². The number of anilines is 1. The summed E-state index contributed by atoms with van der Waals surface area (Å²) in [6.07, 6.45) is 3.11. The van der Waals surface area contributed by atoms with Crippen molar-refractivity contribution >= 4 is 41.5 Å². The maximum absolute atomic E-state index is 13.7. The highest BCUT2D eigenvalue weighted by atomic mass is 127. The number of benzene rings is 1. The van der Waals surface area contributed by atoms with E-state index < -0.39 is 0 Å². The van der Waals surface area contributed by atoms with Gasteiger partial charge in [-0.05, 0) is 43.2 Å². The molecule has 6 nitrogen and oxygen atoms in total. The highest BCUT2D eigenvalue weighted by Gasteiger charge is 2.21. The van der Waals surface area contributed by atoms with E-state index in [1.54, 1.807) is 12.3 Å². The fourth-order valence-electron chi connectivity index (χ4n) is 2.93. The number of nitrogens with zero attached hydrogens (tertiary/aromatic N) is 3. The van der Waals surface area contributed by atoms with Crippen LogP contribution < -0.4 is 15.5 Å². The molecule has 0 saturated carbocycles. The lowest BCUT2D eigenvalue weighted by atomic mass is 10.2. The van der Waals surface area contributed by atoms with E-state index in [1.807, 2.05) is 36.1 Å². The fourth-order valence-corrected chi connectivity index (χ4v) is 2.93. The van der Waals surface area contributed by atoms with Crippen LogP contribution in [0.15, 0.2) is 47.6 Å². The van der Waals surface area contributed by atoms with Gasteiger partial charge in [0.25, 0.3) is 0 Å². The summed E-state index contributed by atoms with van der Waals surface area (Å²) in [7, 11) is 0. The molecule has 1 aromatic carbocycles. The number of rotatable bonds is 6. The molecule has 150 valence electrons. The van der Waals surface area contributed by atoms with Gasteiger partial charge in [-0.15, -0.1) is 24.0 Å². The van der Waals surface area contributed by atoms with Gasteiger partial charge in [-0.1, -0.05) is 12.1 Å². The number of pyridine rings is 1. The number of halogens is 2. The molecule has 0 atom stereocenters. The van der Waals surface area contributed by atoms with Gasteiger partial charge < -0.3 is 15.5 Å². The summed E-state index contributed by atoms with van der Waals surface area (Å²) in [5, 5.41) is 6.23. The Hall–Kier alpha value is -2.23. The molecule has 0 spiro atoms. The lowest BCUT2D eigenvalue weighted by Crippen LogP contribution is -2.37. The normalized spacial score (nSPS) is 14.0. The van der Waals surface area contributed by atoms with Crippen LogP contribution in [0.4, 0.5) is 10.1 Å². The Bertz CT molecular complexity index is 812. The van der Waals surface area contributed by atoms with Gasteiger partial charge in [0.2, 0.25) is 5.91 Å². The van der Waals surface area contributed by atoms with Crippen molar-refractivity contribution in [3.63, 3.8) is 0 Å². The molecule has 0 unspecified atom stereocenters. The molecular weight excluding hydrogens is 472 g/mol. The van der Waals surface area contributed by atoms with Gasteiger partial charge in [0.1, 0.15) is 5.82 Å². The highest BCUT2D eigenvalue weighted by Crippen LogP contribution is 2.21. The summed E-state index contributed by atoms with van der Waals surface area (Å²) in [5.74, 6) is 0.440. The molecule has 1 fully saturated rings. The van der Waals surface area contributed by atoms with Crippen molar-refractivity contribution in [2.45, 2.75) is 32.9 Å². The number of aromatic nitrogens is 1. The van der Waals surface area contributed by atoms with Gasteiger partial charge in [0, 0.05) is 31.4 Å². The Morgan fingerprint density at radius 3 is 2.68 bits per heavy atom. The van der Waals surface area contributed by atoms with Crippen LogP contribution in [0, 0.1) is 5.82 Å². The molecule has 0 bridgehead atoms. The van der Waals surface area contributed by atoms with Gasteiger partial charge in [-0.3, -0.25) is 9.78 Å². The molecule has 1 aliphatic heterocycles. The van der Waals surface area contributed by atoms with Crippen molar-refractivity contribution in [1.82, 2.24) is 15.6 Å². The first kappa shape index (κ1) is 22.1. The van der Waals surface area contributed by atoms with E-state index in [0.29, 0.717) is 31.2 Å². The number of aliphatic imine (C=N–C) groups is 1. The molecule has 1 aromatic heterocycles. The van der Waals surface area contributed by atoms with E-state index in [1.165, 1.54) is 6.07 Å². The van der Waals surface area contributed by atoms with Crippen LogP contribution in [0.2, 0.25) is 0 Å². The van der Waals surface area contributed by atoms with Crippen LogP contribution in [-0.2, 0) is 17.9 Å². The predicted molar refractivity (Wildman–Crippen MR) is 119 cm³/mol. The Morgan fingerprint density at radius 1 is 1.25 bits per heavy atom. The Kier molecular flexibility index (Phi) is 8.62. The smallest absolute Gasteiger partial charge is 0.227 e. The number of carbonyl (C=O) groups is 1. The molecule has 3 rings (SSSR count). The first-order valence-corrected chi connectivity index (χ1v) is 9.18.